The molecule has 0 aliphatic heterocycles. The number of nitrogens with one attached hydrogen (secondary N) is 1. The maximum absolute atomic E-state index is 13.7. The molecule has 0 saturated heterocycles. The zero-order valence-corrected chi connectivity index (χ0v) is 11.0. The predicted octanol–water partition coefficient (Wildman–Crippen LogP) is 2.08. The van der Waals surface area contributed by atoms with Crippen LogP contribution in [0.5, 0.6) is 0 Å². The van der Waals surface area contributed by atoms with Gasteiger partial charge < -0.3 is 5.73 Å². The number of nitrogens with two attached hydrogens (primary N) is 1. The van der Waals surface area contributed by atoms with Crippen molar-refractivity contribution < 1.29 is 12.8 Å². The third kappa shape index (κ3) is 2.87. The van der Waals surface area contributed by atoms with Crippen LogP contribution in [0.15, 0.2) is 47.4 Å². The minimum atomic E-state index is -3.93. The van der Waals surface area contributed by atoms with Crippen LogP contribution in [0.1, 0.15) is 5.56 Å². The van der Waals surface area contributed by atoms with Crippen molar-refractivity contribution >= 4 is 21.4 Å². The smallest absolute Gasteiger partial charge is 0.262 e. The molecule has 0 aliphatic rings. The quantitative estimate of drug-likeness (QED) is 0.846. The van der Waals surface area contributed by atoms with Crippen LogP contribution in [-0.4, -0.2) is 8.42 Å². The van der Waals surface area contributed by atoms with Crippen molar-refractivity contribution in [2.75, 3.05) is 10.5 Å². The van der Waals surface area contributed by atoms with Crippen LogP contribution in [0.2, 0.25) is 0 Å². The van der Waals surface area contributed by atoms with Crippen molar-refractivity contribution in [1.29, 1.82) is 5.26 Å². The monoisotopic (exact) mass is 291 g/mol. The molecule has 0 atom stereocenters. The highest BCUT2D eigenvalue weighted by Crippen LogP contribution is 2.21. The average Bonchev–Trinajstić information content (AvgIpc) is 2.41. The van der Waals surface area contributed by atoms with Crippen molar-refractivity contribution in [3.05, 3.63) is 53.8 Å². The van der Waals surface area contributed by atoms with Gasteiger partial charge in [-0.3, -0.25) is 4.72 Å². The molecule has 0 heterocycles. The summed E-state index contributed by atoms with van der Waals surface area (Å²) < 4.78 is 39.9. The van der Waals surface area contributed by atoms with Crippen LogP contribution >= 0.6 is 0 Å². The van der Waals surface area contributed by atoms with E-state index in [-0.39, 0.29) is 21.8 Å². The molecule has 2 aromatic carbocycles. The van der Waals surface area contributed by atoms with Gasteiger partial charge in [-0.25, -0.2) is 12.8 Å². The standard InChI is InChI=1S/C13H10FN3O2S/c14-12-6-9(8-15)4-5-13(12)17-20(18,19)11-3-1-2-10(16)7-11/h1-7,17H,16H2. The van der Waals surface area contributed by atoms with E-state index in [4.69, 9.17) is 11.0 Å². The summed E-state index contributed by atoms with van der Waals surface area (Å²) in [5, 5.41) is 8.62. The lowest BCUT2D eigenvalue weighted by Crippen LogP contribution is -2.14. The largest absolute Gasteiger partial charge is 0.399 e. The maximum atomic E-state index is 13.7. The first kappa shape index (κ1) is 13.8. The second kappa shape index (κ2) is 5.19. The SMILES string of the molecule is N#Cc1ccc(NS(=O)(=O)c2cccc(N)c2)c(F)c1. The van der Waals surface area contributed by atoms with Crippen molar-refractivity contribution in [2.24, 2.45) is 0 Å². The topological polar surface area (TPSA) is 96.0 Å². The molecule has 5 nitrogen and oxygen atoms in total. The summed E-state index contributed by atoms with van der Waals surface area (Å²) in [4.78, 5) is -0.0683. The lowest BCUT2D eigenvalue weighted by atomic mass is 10.2. The number of nitriles is 1. The fourth-order valence-corrected chi connectivity index (χ4v) is 2.67. The Labute approximate surface area is 115 Å². The van der Waals surface area contributed by atoms with Gasteiger partial charge in [0.15, 0.2) is 0 Å². The molecule has 0 aliphatic carbocycles. The molecule has 0 radical (unpaired) electrons. The van der Waals surface area contributed by atoms with Gasteiger partial charge in [-0.15, -0.1) is 0 Å². The molecule has 102 valence electrons. The van der Waals surface area contributed by atoms with E-state index in [9.17, 15) is 12.8 Å². The summed E-state index contributed by atoms with van der Waals surface area (Å²) in [7, 11) is -3.93. The first-order valence-electron chi connectivity index (χ1n) is 5.50. The first-order chi connectivity index (χ1) is 9.42. The van der Waals surface area contributed by atoms with Crippen LogP contribution < -0.4 is 10.5 Å². The number of hydrogen-bond donors (Lipinski definition) is 2. The first-order valence-corrected chi connectivity index (χ1v) is 6.99. The number of benzene rings is 2. The highest BCUT2D eigenvalue weighted by molar-refractivity contribution is 7.92. The number of hydrogen-bond acceptors (Lipinski definition) is 4. The minimum Gasteiger partial charge on any atom is -0.399 e. The van der Waals surface area contributed by atoms with Gasteiger partial charge in [0.1, 0.15) is 5.82 Å². The van der Waals surface area contributed by atoms with E-state index in [2.05, 4.69) is 4.72 Å². The molecular weight excluding hydrogens is 281 g/mol. The van der Waals surface area contributed by atoms with Crippen molar-refractivity contribution in [3.8, 4) is 6.07 Å². The Morgan fingerprint density at radius 3 is 2.55 bits per heavy atom. The normalized spacial score (nSPS) is 10.8. The molecule has 7 heteroatoms. The van der Waals surface area contributed by atoms with Crippen molar-refractivity contribution in [3.63, 3.8) is 0 Å². The van der Waals surface area contributed by atoms with Crippen LogP contribution in [0.25, 0.3) is 0 Å². The Balaban J connectivity index is 2.36. The summed E-state index contributed by atoms with van der Waals surface area (Å²) in [6, 6.07) is 10.9. The van der Waals surface area contributed by atoms with E-state index >= 15 is 0 Å². The Morgan fingerprint density at radius 2 is 1.95 bits per heavy atom. The Kier molecular flexibility index (Phi) is 3.59. The van der Waals surface area contributed by atoms with E-state index in [0.717, 1.165) is 6.07 Å². The lowest BCUT2D eigenvalue weighted by molar-refractivity contribution is 0.598. The highest BCUT2D eigenvalue weighted by Gasteiger charge is 2.16. The highest BCUT2D eigenvalue weighted by atomic mass is 32.2. The molecule has 2 aromatic rings. The van der Waals surface area contributed by atoms with Gasteiger partial charge in [0.2, 0.25) is 0 Å². The second-order valence-electron chi connectivity index (χ2n) is 3.98. The second-order valence-corrected chi connectivity index (χ2v) is 5.67. The molecule has 0 unspecified atom stereocenters. The molecule has 0 saturated carbocycles. The summed E-state index contributed by atoms with van der Waals surface area (Å²) in [6.45, 7) is 0. The summed E-state index contributed by atoms with van der Waals surface area (Å²) in [6.07, 6.45) is 0. The van der Waals surface area contributed by atoms with Gasteiger partial charge >= 0.3 is 0 Å². The third-order valence-corrected chi connectivity index (χ3v) is 3.87. The molecule has 0 amide bonds. The third-order valence-electron chi connectivity index (χ3n) is 2.51. The summed E-state index contributed by atoms with van der Waals surface area (Å²) >= 11 is 0. The van der Waals surface area contributed by atoms with E-state index < -0.39 is 15.8 Å². The zero-order chi connectivity index (χ0) is 14.8. The van der Waals surface area contributed by atoms with Crippen LogP contribution in [0.3, 0.4) is 0 Å². The van der Waals surface area contributed by atoms with Crippen LogP contribution in [0.4, 0.5) is 15.8 Å². The maximum Gasteiger partial charge on any atom is 0.262 e. The number of nitrogen functional groups attached to an aromatic ring is 1. The van der Waals surface area contributed by atoms with Gasteiger partial charge in [-0.2, -0.15) is 5.26 Å². The number of nitrogens with zero attached hydrogens (tertiary/aromatic N) is 1. The van der Waals surface area contributed by atoms with Gasteiger partial charge in [0.25, 0.3) is 10.0 Å². The molecule has 20 heavy (non-hydrogen) atoms. The fraction of sp³-hybridized carbons (Fsp3) is 0. The van der Waals surface area contributed by atoms with E-state index in [1.807, 2.05) is 0 Å². The summed E-state index contributed by atoms with van der Waals surface area (Å²) in [5.74, 6) is -0.823. The van der Waals surface area contributed by atoms with E-state index in [0.29, 0.717) is 0 Å². The molecular formula is C13H10FN3O2S. The molecule has 0 fully saturated rings. The average molecular weight is 291 g/mol. The van der Waals surface area contributed by atoms with Gasteiger partial charge in [-0.05, 0) is 36.4 Å². The molecule has 0 spiro atoms. The number of rotatable bonds is 3. The van der Waals surface area contributed by atoms with Gasteiger partial charge in [0, 0.05) is 5.69 Å². The van der Waals surface area contributed by atoms with Gasteiger partial charge in [-0.1, -0.05) is 6.07 Å². The molecule has 0 bridgehead atoms. The number of sulfonamides is 1. The zero-order valence-electron chi connectivity index (χ0n) is 10.2. The molecule has 0 aromatic heterocycles. The van der Waals surface area contributed by atoms with Gasteiger partial charge in [0.05, 0.1) is 22.2 Å². The van der Waals surface area contributed by atoms with E-state index in [1.54, 1.807) is 12.1 Å². The number of halogens is 1. The van der Waals surface area contributed by atoms with Crippen LogP contribution in [-0.2, 0) is 10.0 Å². The molecule has 3 N–H and O–H groups in total. The van der Waals surface area contributed by atoms with Crippen molar-refractivity contribution in [2.45, 2.75) is 4.90 Å². The fourth-order valence-electron chi connectivity index (χ4n) is 1.55. The minimum absolute atomic E-state index is 0.0683. The van der Waals surface area contributed by atoms with Crippen LogP contribution in [0, 0.1) is 17.1 Å². The predicted molar refractivity (Wildman–Crippen MR) is 72.8 cm³/mol. The van der Waals surface area contributed by atoms with Crippen molar-refractivity contribution in [1.82, 2.24) is 0 Å². The number of anilines is 2. The summed E-state index contributed by atoms with van der Waals surface area (Å²) in [5.41, 5.74) is 5.68. The molecule has 2 rings (SSSR count). The Morgan fingerprint density at radius 1 is 1.20 bits per heavy atom. The Bertz CT molecular complexity index is 798. The lowest BCUT2D eigenvalue weighted by Gasteiger charge is -2.09. The van der Waals surface area contributed by atoms with E-state index in [1.165, 1.54) is 30.3 Å². The Hall–Kier alpha value is -2.59.